The number of rotatable bonds is 8. The molecule has 1 fully saturated rings. The van der Waals surface area contributed by atoms with Gasteiger partial charge in [-0.25, -0.2) is 14.4 Å². The fourth-order valence-electron chi connectivity index (χ4n) is 3.92. The van der Waals surface area contributed by atoms with E-state index in [9.17, 15) is 4.39 Å². The van der Waals surface area contributed by atoms with Crippen LogP contribution in [0.15, 0.2) is 53.4 Å². The average Bonchev–Trinajstić information content (AvgIpc) is 3.38. The predicted octanol–water partition coefficient (Wildman–Crippen LogP) is 4.03. The van der Waals surface area contributed by atoms with E-state index in [4.69, 9.17) is 15.4 Å². The summed E-state index contributed by atoms with van der Waals surface area (Å²) < 4.78 is 21.3. The Morgan fingerprint density at radius 2 is 2.06 bits per heavy atom. The van der Waals surface area contributed by atoms with Gasteiger partial charge in [-0.15, -0.1) is 0 Å². The highest BCUT2D eigenvalue weighted by Gasteiger charge is 2.38. The molecule has 1 aliphatic rings. The normalized spacial score (nSPS) is 15.4. The molecule has 4 aromatic rings. The first-order valence-electron chi connectivity index (χ1n) is 11.0. The molecule has 0 aliphatic heterocycles. The molecule has 1 saturated carbocycles. The molecule has 170 valence electrons. The summed E-state index contributed by atoms with van der Waals surface area (Å²) in [7, 11) is 0. The van der Waals surface area contributed by atoms with Crippen LogP contribution < -0.4 is 11.1 Å². The van der Waals surface area contributed by atoms with Crippen molar-refractivity contribution in [3.8, 4) is 22.9 Å². The van der Waals surface area contributed by atoms with Crippen LogP contribution in [0.3, 0.4) is 0 Å². The summed E-state index contributed by atoms with van der Waals surface area (Å²) >= 11 is 0. The molecule has 5 rings (SSSR count). The standard InChI is InChI=1S/C24H26FN7O/c1-15-5-3-4-6-16(15)13-32-21(19-9-10-33-31-19)11-20(30-32)23-27-12-18(25)22(29-23)28-14-24(2,26)17-7-8-17/h3-6,9-12,17H,7-8,13-14,26H2,1-2H3,(H,27,28,29). The van der Waals surface area contributed by atoms with E-state index in [1.807, 2.05) is 29.8 Å². The van der Waals surface area contributed by atoms with Crippen LogP contribution in [0.25, 0.3) is 22.9 Å². The highest BCUT2D eigenvalue weighted by atomic mass is 19.1. The Bertz CT molecular complexity index is 1260. The summed E-state index contributed by atoms with van der Waals surface area (Å²) in [6.07, 6.45) is 4.89. The van der Waals surface area contributed by atoms with Crippen molar-refractivity contribution in [2.75, 3.05) is 11.9 Å². The maximum absolute atomic E-state index is 14.4. The van der Waals surface area contributed by atoms with Gasteiger partial charge in [-0.2, -0.15) is 5.10 Å². The molecule has 0 spiro atoms. The highest BCUT2D eigenvalue weighted by Crippen LogP contribution is 2.38. The smallest absolute Gasteiger partial charge is 0.183 e. The minimum atomic E-state index is -0.526. The summed E-state index contributed by atoms with van der Waals surface area (Å²) in [5, 5.41) is 11.9. The average molecular weight is 448 g/mol. The lowest BCUT2D eigenvalue weighted by molar-refractivity contribution is 0.421. The van der Waals surface area contributed by atoms with Gasteiger partial charge in [0.25, 0.3) is 0 Å². The molecule has 3 heterocycles. The van der Waals surface area contributed by atoms with Crippen molar-refractivity contribution in [2.24, 2.45) is 11.7 Å². The van der Waals surface area contributed by atoms with E-state index in [1.165, 1.54) is 6.26 Å². The molecule has 8 nitrogen and oxygen atoms in total. The van der Waals surface area contributed by atoms with Crippen molar-refractivity contribution in [1.82, 2.24) is 24.9 Å². The molecule has 3 N–H and O–H groups in total. The Morgan fingerprint density at radius 3 is 2.79 bits per heavy atom. The van der Waals surface area contributed by atoms with Gasteiger partial charge in [0.1, 0.15) is 17.7 Å². The molecule has 0 bridgehead atoms. The zero-order valence-corrected chi connectivity index (χ0v) is 18.6. The molecule has 9 heteroatoms. The SMILES string of the molecule is Cc1ccccc1Cn1nc(-c2ncc(F)c(NCC(C)(N)C3CC3)n2)cc1-c1ccon1. The molecule has 1 atom stereocenters. The van der Waals surface area contributed by atoms with Crippen molar-refractivity contribution >= 4 is 5.82 Å². The van der Waals surface area contributed by atoms with Gasteiger partial charge in [0, 0.05) is 18.2 Å². The third-order valence-electron chi connectivity index (χ3n) is 6.18. The molecule has 3 aromatic heterocycles. The molecule has 0 saturated heterocycles. The number of nitrogens with two attached hydrogens (primary N) is 1. The molecular formula is C24H26FN7O. The quantitative estimate of drug-likeness (QED) is 0.420. The van der Waals surface area contributed by atoms with E-state index in [0.717, 1.165) is 35.9 Å². The Hall–Kier alpha value is -3.59. The Labute approximate surface area is 191 Å². The number of nitrogens with zero attached hydrogens (tertiary/aromatic N) is 5. The van der Waals surface area contributed by atoms with Crippen molar-refractivity contribution < 1.29 is 8.91 Å². The van der Waals surface area contributed by atoms with Crippen LogP contribution in [0, 0.1) is 18.7 Å². The van der Waals surface area contributed by atoms with Crippen LogP contribution in [-0.4, -0.2) is 37.0 Å². The number of nitrogens with one attached hydrogen (secondary N) is 1. The Balaban J connectivity index is 1.47. The van der Waals surface area contributed by atoms with Gasteiger partial charge in [-0.05, 0) is 49.8 Å². The van der Waals surface area contributed by atoms with Gasteiger partial charge >= 0.3 is 0 Å². The topological polar surface area (TPSA) is 108 Å². The van der Waals surface area contributed by atoms with Gasteiger partial charge in [-0.3, -0.25) is 4.68 Å². The summed E-state index contributed by atoms with van der Waals surface area (Å²) in [5.41, 5.74) is 10.2. The van der Waals surface area contributed by atoms with Crippen molar-refractivity contribution in [2.45, 2.75) is 38.8 Å². The molecular weight excluding hydrogens is 421 g/mol. The fourth-order valence-corrected chi connectivity index (χ4v) is 3.92. The Kier molecular flexibility index (Phi) is 5.41. The van der Waals surface area contributed by atoms with Crippen molar-refractivity contribution in [1.29, 1.82) is 0 Å². The van der Waals surface area contributed by atoms with Gasteiger partial charge in [0.15, 0.2) is 17.5 Å². The molecule has 0 amide bonds. The van der Waals surface area contributed by atoms with Crippen molar-refractivity contribution in [3.63, 3.8) is 0 Å². The second-order valence-electron chi connectivity index (χ2n) is 8.91. The van der Waals surface area contributed by atoms with E-state index < -0.39 is 11.4 Å². The largest absolute Gasteiger partial charge is 0.366 e. The van der Waals surface area contributed by atoms with Crippen LogP contribution in [0.2, 0.25) is 0 Å². The third-order valence-corrected chi connectivity index (χ3v) is 6.18. The molecule has 1 unspecified atom stereocenters. The first-order valence-corrected chi connectivity index (χ1v) is 11.0. The van der Waals surface area contributed by atoms with E-state index in [1.54, 1.807) is 6.07 Å². The third kappa shape index (κ3) is 4.49. The highest BCUT2D eigenvalue weighted by molar-refractivity contribution is 5.63. The fraction of sp³-hybridized carbons (Fsp3) is 0.333. The Morgan fingerprint density at radius 1 is 1.24 bits per heavy atom. The maximum Gasteiger partial charge on any atom is 0.183 e. The number of hydrogen-bond acceptors (Lipinski definition) is 7. The second-order valence-corrected chi connectivity index (χ2v) is 8.91. The zero-order valence-electron chi connectivity index (χ0n) is 18.6. The molecule has 33 heavy (non-hydrogen) atoms. The molecule has 1 aliphatic carbocycles. The minimum Gasteiger partial charge on any atom is -0.366 e. The number of aromatic nitrogens is 5. The van der Waals surface area contributed by atoms with E-state index >= 15 is 0 Å². The zero-order chi connectivity index (χ0) is 23.0. The van der Waals surface area contributed by atoms with Gasteiger partial charge in [0.05, 0.1) is 18.4 Å². The first kappa shape index (κ1) is 21.3. The van der Waals surface area contributed by atoms with Crippen LogP contribution in [0.4, 0.5) is 10.2 Å². The van der Waals surface area contributed by atoms with Crippen LogP contribution in [0.5, 0.6) is 0 Å². The lowest BCUT2D eigenvalue weighted by atomic mass is 9.97. The van der Waals surface area contributed by atoms with E-state index in [-0.39, 0.29) is 5.82 Å². The van der Waals surface area contributed by atoms with Gasteiger partial charge in [0.2, 0.25) is 0 Å². The van der Waals surface area contributed by atoms with Crippen LogP contribution in [-0.2, 0) is 6.54 Å². The summed E-state index contributed by atoms with van der Waals surface area (Å²) in [5.74, 6) is 0.365. The van der Waals surface area contributed by atoms with Crippen LogP contribution >= 0.6 is 0 Å². The minimum absolute atomic E-state index is 0.119. The second kappa shape index (κ2) is 8.40. The first-order chi connectivity index (χ1) is 15.9. The van der Waals surface area contributed by atoms with Gasteiger partial charge in [-0.1, -0.05) is 29.4 Å². The number of benzene rings is 1. The van der Waals surface area contributed by atoms with E-state index in [0.29, 0.717) is 36.2 Å². The maximum atomic E-state index is 14.4. The summed E-state index contributed by atoms with van der Waals surface area (Å²) in [4.78, 5) is 8.60. The molecule has 0 radical (unpaired) electrons. The monoisotopic (exact) mass is 447 g/mol. The lowest BCUT2D eigenvalue weighted by Crippen LogP contribution is -2.45. The van der Waals surface area contributed by atoms with Crippen molar-refractivity contribution in [3.05, 3.63) is 65.8 Å². The van der Waals surface area contributed by atoms with E-state index in [2.05, 4.69) is 39.5 Å². The number of aryl methyl sites for hydroxylation is 1. The van der Waals surface area contributed by atoms with Crippen LogP contribution in [0.1, 0.15) is 30.9 Å². The lowest BCUT2D eigenvalue weighted by Gasteiger charge is -2.25. The van der Waals surface area contributed by atoms with Gasteiger partial charge < -0.3 is 15.6 Å². The molecule has 1 aromatic carbocycles. The summed E-state index contributed by atoms with van der Waals surface area (Å²) in [6, 6.07) is 11.7. The summed E-state index contributed by atoms with van der Waals surface area (Å²) in [6.45, 7) is 5.00. The number of anilines is 1. The number of hydrogen-bond donors (Lipinski definition) is 2. The predicted molar refractivity (Wildman–Crippen MR) is 123 cm³/mol. The number of halogens is 1.